The van der Waals surface area contributed by atoms with Crippen molar-refractivity contribution >= 4 is 11.8 Å². The van der Waals surface area contributed by atoms with Gasteiger partial charge in [-0.25, -0.2) is 0 Å². The summed E-state index contributed by atoms with van der Waals surface area (Å²) in [5, 5.41) is 0. The van der Waals surface area contributed by atoms with E-state index in [2.05, 4.69) is 18.7 Å². The van der Waals surface area contributed by atoms with Gasteiger partial charge >= 0.3 is 0 Å². The maximum Gasteiger partial charge on any atom is 0.223 e. The molecule has 2 amide bonds. The van der Waals surface area contributed by atoms with Crippen molar-refractivity contribution in [3.63, 3.8) is 0 Å². The molecular weight excluding hydrogens is 312 g/mol. The highest BCUT2D eigenvalue weighted by Gasteiger charge is 2.45. The van der Waals surface area contributed by atoms with E-state index in [0.29, 0.717) is 25.9 Å². The van der Waals surface area contributed by atoms with Crippen molar-refractivity contribution in [1.82, 2.24) is 9.80 Å². The van der Waals surface area contributed by atoms with Crippen LogP contribution in [0.5, 0.6) is 0 Å². The smallest absolute Gasteiger partial charge is 0.223 e. The van der Waals surface area contributed by atoms with Crippen LogP contribution < -0.4 is 0 Å². The third-order valence-electron chi connectivity index (χ3n) is 5.60. The summed E-state index contributed by atoms with van der Waals surface area (Å²) < 4.78 is 0. The summed E-state index contributed by atoms with van der Waals surface area (Å²) >= 11 is 0. The Kier molecular flexibility index (Phi) is 5.57. The Morgan fingerprint density at radius 2 is 1.96 bits per heavy atom. The first-order valence-corrected chi connectivity index (χ1v) is 9.38. The second-order valence-electron chi connectivity index (χ2n) is 7.28. The molecule has 2 heterocycles. The van der Waals surface area contributed by atoms with Crippen LogP contribution >= 0.6 is 0 Å². The van der Waals surface area contributed by atoms with E-state index in [-0.39, 0.29) is 17.4 Å². The lowest BCUT2D eigenvalue weighted by molar-refractivity contribution is -0.149. The molecule has 0 saturated carbocycles. The van der Waals surface area contributed by atoms with Crippen LogP contribution in [0.2, 0.25) is 0 Å². The van der Waals surface area contributed by atoms with E-state index in [4.69, 9.17) is 0 Å². The monoisotopic (exact) mass is 340 g/mol. The number of aryl methyl sites for hydroxylation is 1. The minimum atomic E-state index is -0.176. The van der Waals surface area contributed by atoms with Crippen molar-refractivity contribution in [2.24, 2.45) is 0 Å². The van der Waals surface area contributed by atoms with Gasteiger partial charge in [0.15, 0.2) is 0 Å². The van der Waals surface area contributed by atoms with Crippen LogP contribution in [0.1, 0.15) is 44.1 Å². The first-order valence-electron chi connectivity index (χ1n) is 9.38. The quantitative estimate of drug-likeness (QED) is 0.773. The van der Waals surface area contributed by atoms with Crippen LogP contribution in [-0.4, -0.2) is 46.8 Å². The summed E-state index contributed by atoms with van der Waals surface area (Å²) in [4.78, 5) is 29.1. The Morgan fingerprint density at radius 1 is 1.20 bits per heavy atom. The fourth-order valence-electron chi connectivity index (χ4n) is 4.33. The number of likely N-dealkylation sites (tertiary alicyclic amines) is 2. The molecule has 0 N–H and O–H groups in total. The van der Waals surface area contributed by atoms with E-state index in [1.54, 1.807) is 6.08 Å². The SMILES string of the molecule is C=CCN1C(=O)CCCC12CCCN(C(=O)CCc1ccccc1)C2. The van der Waals surface area contributed by atoms with Crippen LogP contribution in [0.15, 0.2) is 43.0 Å². The highest BCUT2D eigenvalue weighted by molar-refractivity contribution is 5.79. The lowest BCUT2D eigenvalue weighted by atomic mass is 9.79. The van der Waals surface area contributed by atoms with Gasteiger partial charge in [-0.2, -0.15) is 0 Å². The van der Waals surface area contributed by atoms with Crippen LogP contribution in [0.25, 0.3) is 0 Å². The van der Waals surface area contributed by atoms with Crippen molar-refractivity contribution < 1.29 is 9.59 Å². The van der Waals surface area contributed by atoms with E-state index < -0.39 is 0 Å². The molecule has 134 valence electrons. The Hall–Kier alpha value is -2.10. The third-order valence-corrected chi connectivity index (χ3v) is 5.60. The average molecular weight is 340 g/mol. The molecule has 2 aliphatic heterocycles. The zero-order valence-corrected chi connectivity index (χ0v) is 15.0. The summed E-state index contributed by atoms with van der Waals surface area (Å²) in [5.74, 6) is 0.421. The van der Waals surface area contributed by atoms with Gasteiger partial charge < -0.3 is 9.80 Å². The van der Waals surface area contributed by atoms with E-state index in [1.807, 2.05) is 28.0 Å². The molecule has 1 aromatic carbocycles. The lowest BCUT2D eigenvalue weighted by Crippen LogP contribution is -2.63. The van der Waals surface area contributed by atoms with Crippen LogP contribution in [-0.2, 0) is 16.0 Å². The number of hydrogen-bond donors (Lipinski definition) is 0. The second kappa shape index (κ2) is 7.85. The Labute approximate surface area is 150 Å². The molecule has 2 aliphatic rings. The van der Waals surface area contributed by atoms with Gasteiger partial charge in [-0.3, -0.25) is 9.59 Å². The first kappa shape index (κ1) is 17.7. The maximum atomic E-state index is 12.7. The van der Waals surface area contributed by atoms with Crippen molar-refractivity contribution in [2.75, 3.05) is 19.6 Å². The zero-order valence-electron chi connectivity index (χ0n) is 15.0. The number of carbonyl (C=O) groups excluding carboxylic acids is 2. The molecule has 4 heteroatoms. The molecule has 1 atom stereocenters. The van der Waals surface area contributed by atoms with Gasteiger partial charge in [0.2, 0.25) is 11.8 Å². The van der Waals surface area contributed by atoms with E-state index in [0.717, 1.165) is 38.6 Å². The number of benzene rings is 1. The maximum absolute atomic E-state index is 12.7. The number of hydrogen-bond acceptors (Lipinski definition) is 2. The third kappa shape index (κ3) is 3.94. The Balaban J connectivity index is 1.66. The fraction of sp³-hybridized carbons (Fsp3) is 0.524. The summed E-state index contributed by atoms with van der Waals surface area (Å²) in [6.07, 6.45) is 7.63. The predicted octanol–water partition coefficient (Wildman–Crippen LogP) is 3.18. The number of nitrogens with zero attached hydrogens (tertiary/aromatic N) is 2. The summed E-state index contributed by atoms with van der Waals surface area (Å²) in [6, 6.07) is 10.1. The minimum absolute atomic E-state index is 0.176. The van der Waals surface area contributed by atoms with Gasteiger partial charge in [0.1, 0.15) is 0 Å². The topological polar surface area (TPSA) is 40.6 Å². The van der Waals surface area contributed by atoms with Gasteiger partial charge in [0, 0.05) is 32.5 Å². The number of rotatable bonds is 5. The molecule has 25 heavy (non-hydrogen) atoms. The van der Waals surface area contributed by atoms with Gasteiger partial charge in [0.05, 0.1) is 5.54 Å². The van der Waals surface area contributed by atoms with Crippen molar-refractivity contribution in [1.29, 1.82) is 0 Å². The summed E-state index contributed by atoms with van der Waals surface area (Å²) in [5.41, 5.74) is 1.02. The largest absolute Gasteiger partial charge is 0.340 e. The predicted molar refractivity (Wildman–Crippen MR) is 99.1 cm³/mol. The van der Waals surface area contributed by atoms with Crippen molar-refractivity contribution in [3.05, 3.63) is 48.6 Å². The van der Waals surface area contributed by atoms with Gasteiger partial charge in [-0.05, 0) is 37.7 Å². The van der Waals surface area contributed by atoms with Crippen molar-refractivity contribution in [2.45, 2.75) is 50.5 Å². The molecule has 0 radical (unpaired) electrons. The fourth-order valence-corrected chi connectivity index (χ4v) is 4.33. The molecule has 0 aliphatic carbocycles. The first-order chi connectivity index (χ1) is 12.1. The average Bonchev–Trinajstić information content (AvgIpc) is 2.64. The molecule has 1 unspecified atom stereocenters. The molecular formula is C21H28N2O2. The normalized spacial score (nSPS) is 23.8. The molecule has 2 saturated heterocycles. The highest BCUT2D eigenvalue weighted by Crippen LogP contribution is 2.36. The molecule has 1 aromatic rings. The highest BCUT2D eigenvalue weighted by atomic mass is 16.2. The van der Waals surface area contributed by atoms with Gasteiger partial charge in [0.25, 0.3) is 0 Å². The van der Waals surface area contributed by atoms with E-state index in [1.165, 1.54) is 5.56 Å². The standard InChI is InChI=1S/C21H28N2O2/c1-2-15-23-20(25)10-6-13-21(23)14-7-16-22(17-21)19(24)12-11-18-8-4-3-5-9-18/h2-5,8-9H,1,6-7,10-17H2. The number of carbonyl (C=O) groups is 2. The molecule has 0 bridgehead atoms. The van der Waals surface area contributed by atoms with Crippen LogP contribution in [0.3, 0.4) is 0 Å². The molecule has 2 fully saturated rings. The van der Waals surface area contributed by atoms with Crippen molar-refractivity contribution in [3.8, 4) is 0 Å². The molecule has 4 nitrogen and oxygen atoms in total. The molecule has 3 rings (SSSR count). The molecule has 1 spiro atoms. The molecule has 0 aromatic heterocycles. The van der Waals surface area contributed by atoms with Crippen LogP contribution in [0, 0.1) is 0 Å². The van der Waals surface area contributed by atoms with E-state index >= 15 is 0 Å². The van der Waals surface area contributed by atoms with E-state index in [9.17, 15) is 9.59 Å². The summed E-state index contributed by atoms with van der Waals surface area (Å²) in [7, 11) is 0. The second-order valence-corrected chi connectivity index (χ2v) is 7.28. The van der Waals surface area contributed by atoms with Gasteiger partial charge in [-0.1, -0.05) is 36.4 Å². The number of piperidine rings is 2. The Morgan fingerprint density at radius 3 is 2.72 bits per heavy atom. The minimum Gasteiger partial charge on any atom is -0.340 e. The Bertz CT molecular complexity index is 624. The van der Waals surface area contributed by atoms with Gasteiger partial charge in [-0.15, -0.1) is 6.58 Å². The summed E-state index contributed by atoms with van der Waals surface area (Å²) in [6.45, 7) is 5.89. The lowest BCUT2D eigenvalue weighted by Gasteiger charge is -2.52. The zero-order chi connectivity index (χ0) is 17.7. The van der Waals surface area contributed by atoms with Crippen LogP contribution in [0.4, 0.5) is 0 Å². The number of amides is 2.